The number of benzene rings is 2. The Morgan fingerprint density at radius 1 is 1.22 bits per heavy atom. The van der Waals surface area contributed by atoms with Gasteiger partial charge < -0.3 is 30.1 Å². The van der Waals surface area contributed by atoms with Crippen molar-refractivity contribution < 1.29 is 19.4 Å². The van der Waals surface area contributed by atoms with Crippen LogP contribution < -0.4 is 20.1 Å². The molecule has 45 heavy (non-hydrogen) atoms. The standard InChI is InChI=1S/C34H40Cl2N4O4S/c1-19-21(6-4-7-29(19)43-3)18-40(24-9-10-24)34(42)32-25(14-23-15-37-16-28(32)39-23)30-17-38-31(45-30)8-5-11-44-33-26(35)12-22(20(2)41)13-27(33)36/h4,6-7,12-13,17,20,23-24,28,37,39,41H,5,8-11,14-16,18H2,1-3H3/t20-,23-,28-/m1/s1. The van der Waals surface area contributed by atoms with Crippen LogP contribution in [0, 0.1) is 6.92 Å². The Hall–Kier alpha value is -2.66. The highest BCUT2D eigenvalue weighted by atomic mass is 35.5. The minimum absolute atomic E-state index is 0.0405. The molecule has 0 radical (unpaired) electrons. The third kappa shape index (κ3) is 7.19. The van der Waals surface area contributed by atoms with Crippen LogP contribution in [-0.4, -0.2) is 65.8 Å². The van der Waals surface area contributed by atoms with Crippen molar-refractivity contribution in [1.82, 2.24) is 20.5 Å². The number of halogens is 2. The Labute approximate surface area is 278 Å². The summed E-state index contributed by atoms with van der Waals surface area (Å²) in [7, 11) is 1.69. The van der Waals surface area contributed by atoms with E-state index in [1.165, 1.54) is 0 Å². The molecule has 3 aromatic rings. The van der Waals surface area contributed by atoms with Crippen LogP contribution in [0.3, 0.4) is 0 Å². The number of fused-ring (bicyclic) bond motifs is 2. The fourth-order valence-electron chi connectivity index (χ4n) is 6.26. The molecule has 1 saturated heterocycles. The molecule has 11 heteroatoms. The van der Waals surface area contributed by atoms with Crippen molar-refractivity contribution in [2.45, 2.75) is 76.7 Å². The first kappa shape index (κ1) is 32.3. The van der Waals surface area contributed by atoms with E-state index in [2.05, 4.69) is 28.5 Å². The summed E-state index contributed by atoms with van der Waals surface area (Å²) in [4.78, 5) is 22.4. The minimum Gasteiger partial charge on any atom is -0.496 e. The third-order valence-electron chi connectivity index (χ3n) is 8.87. The molecule has 2 fully saturated rings. The van der Waals surface area contributed by atoms with E-state index in [0.29, 0.717) is 34.5 Å². The summed E-state index contributed by atoms with van der Waals surface area (Å²) in [5, 5.41) is 18.8. The second-order valence-corrected chi connectivity index (χ2v) is 14.1. The van der Waals surface area contributed by atoms with E-state index in [4.69, 9.17) is 37.7 Å². The second kappa shape index (κ2) is 14.0. The van der Waals surface area contributed by atoms with Crippen molar-refractivity contribution in [3.05, 3.63) is 78.7 Å². The number of aliphatic hydroxyl groups is 1. The van der Waals surface area contributed by atoms with Gasteiger partial charge in [0.1, 0.15) is 5.75 Å². The van der Waals surface area contributed by atoms with Gasteiger partial charge in [0.25, 0.3) is 5.91 Å². The molecule has 3 aliphatic rings. The molecule has 1 aromatic heterocycles. The number of nitrogens with one attached hydrogen (secondary N) is 2. The van der Waals surface area contributed by atoms with Gasteiger partial charge in [-0.15, -0.1) is 11.3 Å². The first-order valence-electron chi connectivity index (χ1n) is 15.6. The van der Waals surface area contributed by atoms with Crippen molar-refractivity contribution in [1.29, 1.82) is 0 Å². The van der Waals surface area contributed by atoms with Crippen LogP contribution in [0.15, 0.2) is 42.1 Å². The van der Waals surface area contributed by atoms with Gasteiger partial charge in [-0.25, -0.2) is 4.98 Å². The molecule has 240 valence electrons. The highest BCUT2D eigenvalue weighted by Gasteiger charge is 2.41. The van der Waals surface area contributed by atoms with Crippen LogP contribution in [0.4, 0.5) is 0 Å². The highest BCUT2D eigenvalue weighted by Crippen LogP contribution is 2.39. The molecule has 6 rings (SSSR count). The average Bonchev–Trinajstić information content (AvgIpc) is 3.75. The maximum atomic E-state index is 14.5. The molecule has 0 unspecified atom stereocenters. The maximum absolute atomic E-state index is 14.5. The average molecular weight is 672 g/mol. The molecule has 3 heterocycles. The number of rotatable bonds is 12. The van der Waals surface area contributed by atoms with Crippen LogP contribution in [0.1, 0.15) is 65.3 Å². The van der Waals surface area contributed by atoms with Crippen LogP contribution in [0.5, 0.6) is 11.5 Å². The van der Waals surface area contributed by atoms with Crippen LogP contribution in [0.25, 0.3) is 5.57 Å². The number of carbonyl (C=O) groups excluding carboxylic acids is 1. The molecule has 8 nitrogen and oxygen atoms in total. The molecule has 2 bridgehead atoms. The van der Waals surface area contributed by atoms with Gasteiger partial charge in [0, 0.05) is 49.9 Å². The Balaban J connectivity index is 1.19. The van der Waals surface area contributed by atoms with E-state index < -0.39 is 6.10 Å². The number of ether oxygens (including phenoxy) is 2. The zero-order valence-electron chi connectivity index (χ0n) is 25.9. The van der Waals surface area contributed by atoms with E-state index in [0.717, 1.165) is 83.1 Å². The van der Waals surface area contributed by atoms with Gasteiger partial charge in [0.15, 0.2) is 5.75 Å². The third-order valence-corrected chi connectivity index (χ3v) is 10.5. The lowest BCUT2D eigenvalue weighted by molar-refractivity contribution is -0.128. The normalized spacial score (nSPS) is 20.2. The lowest BCUT2D eigenvalue weighted by Crippen LogP contribution is -2.59. The van der Waals surface area contributed by atoms with Gasteiger partial charge in [-0.2, -0.15) is 0 Å². The van der Waals surface area contributed by atoms with E-state index in [1.807, 2.05) is 18.3 Å². The van der Waals surface area contributed by atoms with Crippen molar-refractivity contribution in [2.24, 2.45) is 0 Å². The van der Waals surface area contributed by atoms with Crippen LogP contribution in [0.2, 0.25) is 10.0 Å². The molecular formula is C34H40Cl2N4O4S. The Morgan fingerprint density at radius 3 is 2.71 bits per heavy atom. The Kier molecular flexibility index (Phi) is 10.0. The Morgan fingerprint density at radius 2 is 2.00 bits per heavy atom. The number of piperazine rings is 1. The largest absolute Gasteiger partial charge is 0.496 e. The van der Waals surface area contributed by atoms with Crippen molar-refractivity contribution in [3.63, 3.8) is 0 Å². The molecule has 2 aromatic carbocycles. The number of amides is 1. The van der Waals surface area contributed by atoms with Gasteiger partial charge in [-0.3, -0.25) is 4.79 Å². The summed E-state index contributed by atoms with van der Waals surface area (Å²) in [6.07, 6.45) is 5.59. The summed E-state index contributed by atoms with van der Waals surface area (Å²) < 4.78 is 11.5. The van der Waals surface area contributed by atoms with E-state index in [1.54, 1.807) is 37.5 Å². The predicted octanol–water partition coefficient (Wildman–Crippen LogP) is 6.11. The van der Waals surface area contributed by atoms with Gasteiger partial charge in [0.2, 0.25) is 0 Å². The maximum Gasteiger partial charge on any atom is 0.252 e. The van der Waals surface area contributed by atoms with Gasteiger partial charge in [-0.05, 0) is 80.0 Å². The first-order valence-corrected chi connectivity index (χ1v) is 17.2. The summed E-state index contributed by atoms with van der Waals surface area (Å²) in [6.45, 7) is 6.32. The van der Waals surface area contributed by atoms with E-state index >= 15 is 0 Å². The van der Waals surface area contributed by atoms with Crippen molar-refractivity contribution in [3.8, 4) is 11.5 Å². The molecule has 3 N–H and O–H groups in total. The number of methoxy groups -OCH3 is 1. The second-order valence-electron chi connectivity index (χ2n) is 12.1. The number of aliphatic hydroxyl groups excluding tert-OH is 1. The topological polar surface area (TPSA) is 96.0 Å². The number of nitrogens with zero attached hydrogens (tertiary/aromatic N) is 2. The monoisotopic (exact) mass is 670 g/mol. The highest BCUT2D eigenvalue weighted by molar-refractivity contribution is 7.12. The lowest BCUT2D eigenvalue weighted by atomic mass is 9.86. The summed E-state index contributed by atoms with van der Waals surface area (Å²) in [6, 6.07) is 9.92. The van der Waals surface area contributed by atoms with Crippen molar-refractivity contribution in [2.75, 3.05) is 26.8 Å². The fourth-order valence-corrected chi connectivity index (χ4v) is 7.90. The van der Waals surface area contributed by atoms with Crippen LogP contribution >= 0.6 is 34.5 Å². The van der Waals surface area contributed by atoms with E-state index in [9.17, 15) is 9.90 Å². The SMILES string of the molecule is COc1cccc(CN(C(=O)C2=C(c3cnc(CCCOc4c(Cl)cc([C@@H](C)O)cc4Cl)s3)C[C@@H]3CNC[C@H]2N3)C2CC2)c1C. The number of aromatic nitrogens is 1. The van der Waals surface area contributed by atoms with Gasteiger partial charge in [0.05, 0.1) is 45.8 Å². The first-order chi connectivity index (χ1) is 21.7. The molecular weight excluding hydrogens is 631 g/mol. The molecule has 2 aliphatic heterocycles. The zero-order chi connectivity index (χ0) is 31.7. The predicted molar refractivity (Wildman–Crippen MR) is 179 cm³/mol. The Bertz CT molecular complexity index is 1560. The number of carbonyl (C=O) groups is 1. The lowest BCUT2D eigenvalue weighted by Gasteiger charge is -2.40. The molecule has 1 amide bonds. The fraction of sp³-hybridized carbons (Fsp3) is 0.471. The number of thiazole rings is 1. The number of aryl methyl sites for hydroxylation is 1. The molecule has 3 atom stereocenters. The van der Waals surface area contributed by atoms with Crippen LogP contribution in [-0.2, 0) is 17.8 Å². The summed E-state index contributed by atoms with van der Waals surface area (Å²) in [5.74, 6) is 1.39. The van der Waals surface area contributed by atoms with Crippen molar-refractivity contribution >= 4 is 46.0 Å². The molecule has 1 aliphatic carbocycles. The smallest absolute Gasteiger partial charge is 0.252 e. The van der Waals surface area contributed by atoms with E-state index in [-0.39, 0.29) is 24.0 Å². The minimum atomic E-state index is -0.663. The summed E-state index contributed by atoms with van der Waals surface area (Å²) >= 11 is 14.4. The molecule has 0 spiro atoms. The number of hydrogen-bond acceptors (Lipinski definition) is 8. The zero-order valence-corrected chi connectivity index (χ0v) is 28.2. The molecule has 1 saturated carbocycles. The van der Waals surface area contributed by atoms with Gasteiger partial charge in [-0.1, -0.05) is 35.3 Å². The van der Waals surface area contributed by atoms with Gasteiger partial charge >= 0.3 is 0 Å². The quantitative estimate of drug-likeness (QED) is 0.200. The number of hydrogen-bond donors (Lipinski definition) is 3. The summed E-state index contributed by atoms with van der Waals surface area (Å²) in [5.41, 5.74) is 4.83.